The number of nitrogens with zero attached hydrogens (tertiary/aromatic N) is 3. The van der Waals surface area contributed by atoms with Crippen molar-refractivity contribution in [3.05, 3.63) is 24.3 Å². The first-order valence-corrected chi connectivity index (χ1v) is 13.0. The van der Waals surface area contributed by atoms with Gasteiger partial charge in [-0.2, -0.15) is 8.61 Å². The van der Waals surface area contributed by atoms with Crippen molar-refractivity contribution in [2.45, 2.75) is 11.8 Å². The Kier molecular flexibility index (Phi) is 7.47. The van der Waals surface area contributed by atoms with Gasteiger partial charge in [0.1, 0.15) is 0 Å². The number of hydrogen-bond acceptors (Lipinski definition) is 7. The van der Waals surface area contributed by atoms with E-state index in [1.807, 2.05) is 4.90 Å². The highest BCUT2D eigenvalue weighted by atomic mass is 32.2. The highest BCUT2D eigenvalue weighted by Crippen LogP contribution is 2.20. The topological polar surface area (TPSA) is 116 Å². The van der Waals surface area contributed by atoms with E-state index in [9.17, 15) is 21.6 Å². The van der Waals surface area contributed by atoms with Gasteiger partial charge in [0, 0.05) is 45.0 Å². The summed E-state index contributed by atoms with van der Waals surface area (Å²) in [6.07, 6.45) is 0. The van der Waals surface area contributed by atoms with Crippen LogP contribution in [0.3, 0.4) is 0 Å². The first kappa shape index (κ1) is 23.1. The van der Waals surface area contributed by atoms with Crippen LogP contribution in [0.2, 0.25) is 0 Å². The predicted octanol–water partition coefficient (Wildman–Crippen LogP) is -0.387. The third kappa shape index (κ3) is 5.56. The smallest absolute Gasteiger partial charge is 0.243 e. The monoisotopic (exact) mass is 460 g/mol. The molecule has 2 heterocycles. The average Bonchev–Trinajstić information content (AvgIpc) is 2.75. The van der Waals surface area contributed by atoms with Crippen molar-refractivity contribution in [2.75, 3.05) is 70.1 Å². The van der Waals surface area contributed by atoms with E-state index in [1.54, 1.807) is 19.1 Å². The highest BCUT2D eigenvalue weighted by molar-refractivity contribution is 7.89. The Morgan fingerprint density at radius 1 is 1.00 bits per heavy atom. The first-order chi connectivity index (χ1) is 14.2. The molecule has 0 saturated carbocycles. The summed E-state index contributed by atoms with van der Waals surface area (Å²) in [4.78, 5) is 14.4. The lowest BCUT2D eigenvalue weighted by molar-refractivity contribution is -0.117. The molecule has 1 aromatic carbocycles. The Morgan fingerprint density at radius 2 is 1.67 bits per heavy atom. The lowest BCUT2D eigenvalue weighted by Gasteiger charge is -2.33. The number of piperazine rings is 1. The van der Waals surface area contributed by atoms with Crippen molar-refractivity contribution in [2.24, 2.45) is 0 Å². The minimum absolute atomic E-state index is 0.0667. The maximum atomic E-state index is 12.8. The van der Waals surface area contributed by atoms with Crippen molar-refractivity contribution in [3.8, 4) is 0 Å². The molecule has 0 atom stereocenters. The zero-order valence-electron chi connectivity index (χ0n) is 17.0. The number of anilines is 1. The molecule has 168 valence electrons. The quantitative estimate of drug-likeness (QED) is 0.589. The Bertz CT molecular complexity index is 953. The summed E-state index contributed by atoms with van der Waals surface area (Å²) < 4.78 is 57.4. The molecule has 10 nitrogen and oxygen atoms in total. The minimum Gasteiger partial charge on any atom is -0.379 e. The lowest BCUT2D eigenvalue weighted by atomic mass is 10.3. The van der Waals surface area contributed by atoms with Crippen LogP contribution in [0, 0.1) is 0 Å². The van der Waals surface area contributed by atoms with Gasteiger partial charge in [0.25, 0.3) is 0 Å². The van der Waals surface area contributed by atoms with E-state index in [4.69, 9.17) is 4.74 Å². The molecule has 3 rings (SSSR count). The number of rotatable bonds is 7. The number of nitrogens with one attached hydrogen (secondary N) is 1. The molecule has 30 heavy (non-hydrogen) atoms. The average molecular weight is 461 g/mol. The minimum atomic E-state index is -3.64. The summed E-state index contributed by atoms with van der Waals surface area (Å²) in [7, 11) is -6.85. The zero-order valence-corrected chi connectivity index (χ0v) is 18.6. The molecule has 0 aromatic heterocycles. The molecule has 2 fully saturated rings. The molecule has 1 N–H and O–H groups in total. The molecule has 1 aromatic rings. The fourth-order valence-corrected chi connectivity index (χ4v) is 5.96. The second-order valence-electron chi connectivity index (χ2n) is 7.17. The van der Waals surface area contributed by atoms with Crippen molar-refractivity contribution in [1.29, 1.82) is 0 Å². The SMILES string of the molecule is CCS(=O)(=O)N1CCN(CC(=O)Nc2cccc(S(=O)(=O)N3CCOCC3)c2)CC1. The molecular weight excluding hydrogens is 432 g/mol. The van der Waals surface area contributed by atoms with Crippen molar-refractivity contribution in [1.82, 2.24) is 13.5 Å². The molecule has 1 amide bonds. The van der Waals surface area contributed by atoms with Crippen LogP contribution in [-0.2, 0) is 29.6 Å². The van der Waals surface area contributed by atoms with Crippen LogP contribution in [-0.4, -0.2) is 101 Å². The largest absolute Gasteiger partial charge is 0.379 e. The summed E-state index contributed by atoms with van der Waals surface area (Å²) >= 11 is 0. The van der Waals surface area contributed by atoms with Gasteiger partial charge in [-0.25, -0.2) is 16.8 Å². The van der Waals surface area contributed by atoms with Gasteiger partial charge in [0.2, 0.25) is 26.0 Å². The van der Waals surface area contributed by atoms with Gasteiger partial charge >= 0.3 is 0 Å². The van der Waals surface area contributed by atoms with Crippen LogP contribution < -0.4 is 5.32 Å². The number of ether oxygens (including phenoxy) is 1. The lowest BCUT2D eigenvalue weighted by Crippen LogP contribution is -2.50. The summed E-state index contributed by atoms with van der Waals surface area (Å²) in [6.45, 7) is 4.72. The van der Waals surface area contributed by atoms with Gasteiger partial charge in [-0.05, 0) is 25.1 Å². The maximum Gasteiger partial charge on any atom is 0.243 e. The van der Waals surface area contributed by atoms with Crippen LogP contribution in [0.1, 0.15) is 6.92 Å². The highest BCUT2D eigenvalue weighted by Gasteiger charge is 2.28. The van der Waals surface area contributed by atoms with E-state index in [0.717, 1.165) is 0 Å². The number of sulfonamides is 2. The molecule has 0 bridgehead atoms. The molecule has 0 radical (unpaired) electrons. The summed E-state index contributed by atoms with van der Waals surface area (Å²) in [5.41, 5.74) is 0.404. The van der Waals surface area contributed by atoms with Crippen LogP contribution in [0.15, 0.2) is 29.2 Å². The molecule has 2 saturated heterocycles. The van der Waals surface area contributed by atoms with Gasteiger partial charge in [0.05, 0.1) is 30.4 Å². The number of amides is 1. The fraction of sp³-hybridized carbons (Fsp3) is 0.611. The molecule has 0 aliphatic carbocycles. The second kappa shape index (κ2) is 9.71. The van der Waals surface area contributed by atoms with E-state index in [0.29, 0.717) is 58.2 Å². The summed E-state index contributed by atoms with van der Waals surface area (Å²) in [6, 6.07) is 6.20. The molecule has 0 unspecified atom stereocenters. The van der Waals surface area contributed by atoms with Gasteiger partial charge in [-0.1, -0.05) is 6.07 Å². The van der Waals surface area contributed by atoms with Crippen LogP contribution >= 0.6 is 0 Å². The third-order valence-corrected chi connectivity index (χ3v) is 8.96. The number of hydrogen-bond donors (Lipinski definition) is 1. The van der Waals surface area contributed by atoms with Gasteiger partial charge < -0.3 is 10.1 Å². The second-order valence-corrected chi connectivity index (χ2v) is 11.4. The van der Waals surface area contributed by atoms with Crippen molar-refractivity contribution in [3.63, 3.8) is 0 Å². The van der Waals surface area contributed by atoms with E-state index >= 15 is 0 Å². The van der Waals surface area contributed by atoms with Crippen LogP contribution in [0.5, 0.6) is 0 Å². The normalized spacial score (nSPS) is 20.2. The number of benzene rings is 1. The number of morpholine rings is 1. The van der Waals surface area contributed by atoms with E-state index < -0.39 is 20.0 Å². The van der Waals surface area contributed by atoms with Crippen molar-refractivity contribution < 1.29 is 26.4 Å². The van der Waals surface area contributed by atoms with E-state index in [2.05, 4.69) is 5.32 Å². The molecule has 12 heteroatoms. The molecular formula is C18H28N4O6S2. The molecule has 2 aliphatic heterocycles. The van der Waals surface area contributed by atoms with Crippen molar-refractivity contribution >= 4 is 31.6 Å². The predicted molar refractivity (Wildman–Crippen MR) is 112 cm³/mol. The standard InChI is InChI=1S/C18H28N4O6S2/c1-2-29(24,25)21-8-6-20(7-9-21)15-18(23)19-16-4-3-5-17(14-16)30(26,27)22-10-12-28-13-11-22/h3-5,14H,2,6-13,15H2,1H3,(H,19,23). The third-order valence-electron chi connectivity index (χ3n) is 5.18. The summed E-state index contributed by atoms with van der Waals surface area (Å²) in [5.74, 6) is -0.209. The van der Waals surface area contributed by atoms with E-state index in [-0.39, 0.29) is 23.1 Å². The Labute approximate surface area is 177 Å². The number of carbonyl (C=O) groups excluding carboxylic acids is 1. The van der Waals surface area contributed by atoms with E-state index in [1.165, 1.54) is 20.7 Å². The number of carbonyl (C=O) groups is 1. The summed E-state index contributed by atoms with van der Waals surface area (Å²) in [5, 5.41) is 2.74. The zero-order chi connectivity index (χ0) is 21.8. The Balaban J connectivity index is 1.57. The van der Waals surface area contributed by atoms with Gasteiger partial charge in [0.15, 0.2) is 0 Å². The molecule has 0 spiro atoms. The maximum absolute atomic E-state index is 12.8. The first-order valence-electron chi connectivity index (χ1n) is 9.90. The Morgan fingerprint density at radius 3 is 2.30 bits per heavy atom. The van der Waals surface area contributed by atoms with Crippen LogP contribution in [0.25, 0.3) is 0 Å². The fourth-order valence-electron chi connectivity index (χ4n) is 3.42. The molecule has 2 aliphatic rings. The van der Waals surface area contributed by atoms with Gasteiger partial charge in [-0.3, -0.25) is 9.69 Å². The van der Waals surface area contributed by atoms with Gasteiger partial charge in [-0.15, -0.1) is 0 Å². The Hall–Kier alpha value is -1.57. The van der Waals surface area contributed by atoms with Crippen LogP contribution in [0.4, 0.5) is 5.69 Å².